The highest BCUT2D eigenvalue weighted by atomic mass is 35.5. The number of imidazole rings is 1. The van der Waals surface area contributed by atoms with Gasteiger partial charge in [-0.3, -0.25) is 9.69 Å². The number of halogens is 1. The maximum atomic E-state index is 12.9. The quantitative estimate of drug-likeness (QED) is 0.275. The number of aryl methyl sites for hydroxylation is 1. The van der Waals surface area contributed by atoms with Gasteiger partial charge in [0.05, 0.1) is 22.8 Å². The van der Waals surface area contributed by atoms with Gasteiger partial charge in [-0.15, -0.1) is 0 Å². The topological polar surface area (TPSA) is 100 Å². The first kappa shape index (κ1) is 25.0. The van der Waals surface area contributed by atoms with Crippen LogP contribution >= 0.6 is 11.6 Å². The Morgan fingerprint density at radius 1 is 1.16 bits per heavy atom. The third-order valence-electron chi connectivity index (χ3n) is 7.95. The molecule has 198 valence electrons. The first-order valence-electron chi connectivity index (χ1n) is 13.3. The van der Waals surface area contributed by atoms with Gasteiger partial charge in [-0.2, -0.15) is 0 Å². The summed E-state index contributed by atoms with van der Waals surface area (Å²) in [5.41, 5.74) is 5.47. The second-order valence-electron chi connectivity index (χ2n) is 10.4. The maximum Gasteiger partial charge on any atom is 0.261 e. The van der Waals surface area contributed by atoms with Crippen molar-refractivity contribution in [1.29, 1.82) is 0 Å². The van der Waals surface area contributed by atoms with Gasteiger partial charge < -0.3 is 25.3 Å². The number of fused-ring (bicyclic) bond motifs is 1. The number of pyridine rings is 1. The van der Waals surface area contributed by atoms with Crippen molar-refractivity contribution in [3.8, 4) is 11.4 Å². The van der Waals surface area contributed by atoms with Crippen LogP contribution in [0.1, 0.15) is 36.5 Å². The lowest BCUT2D eigenvalue weighted by atomic mass is 9.91. The van der Waals surface area contributed by atoms with Crippen molar-refractivity contribution in [3.05, 3.63) is 75.2 Å². The first-order chi connectivity index (χ1) is 18.5. The molecule has 2 aromatic carbocycles. The molecule has 4 N–H and O–H groups in total. The third-order valence-corrected chi connectivity index (χ3v) is 8.18. The monoisotopic (exact) mass is 532 g/mol. The lowest BCUT2D eigenvalue weighted by Gasteiger charge is -2.43. The van der Waals surface area contributed by atoms with Gasteiger partial charge in [0.2, 0.25) is 0 Å². The fourth-order valence-corrected chi connectivity index (χ4v) is 5.77. The number of H-pyrrole nitrogens is 2. The third kappa shape index (κ3) is 4.91. The Balaban J connectivity index is 1.24. The Morgan fingerprint density at radius 2 is 1.97 bits per heavy atom. The number of aliphatic hydroxyl groups excluding tert-OH is 1. The summed E-state index contributed by atoms with van der Waals surface area (Å²) in [7, 11) is 0. The van der Waals surface area contributed by atoms with E-state index in [0.29, 0.717) is 27.7 Å². The molecule has 0 unspecified atom stereocenters. The van der Waals surface area contributed by atoms with Crippen molar-refractivity contribution in [2.75, 3.05) is 42.9 Å². The predicted octanol–water partition coefficient (Wildman–Crippen LogP) is 4.70. The molecule has 2 fully saturated rings. The normalized spacial score (nSPS) is 17.5. The Hall–Kier alpha value is -3.33. The highest BCUT2D eigenvalue weighted by Crippen LogP contribution is 2.31. The van der Waals surface area contributed by atoms with Gasteiger partial charge >= 0.3 is 0 Å². The Bertz CT molecular complexity index is 1500. The van der Waals surface area contributed by atoms with E-state index in [1.165, 1.54) is 24.9 Å². The average Bonchev–Trinajstić information content (AvgIpc) is 3.31. The van der Waals surface area contributed by atoms with Crippen LogP contribution in [-0.4, -0.2) is 63.7 Å². The molecule has 1 aliphatic carbocycles. The molecule has 1 atom stereocenters. The van der Waals surface area contributed by atoms with E-state index in [4.69, 9.17) is 16.6 Å². The number of aliphatic hydroxyl groups is 1. The zero-order chi connectivity index (χ0) is 26.2. The number of anilines is 2. The smallest absolute Gasteiger partial charge is 0.261 e. The molecule has 0 radical (unpaired) electrons. The van der Waals surface area contributed by atoms with Crippen LogP contribution in [-0.2, 0) is 0 Å². The molecule has 9 heteroatoms. The Labute approximate surface area is 226 Å². The SMILES string of the molecule is Cc1cc(N2CCN(C3CCC3)CC2)cc2[nH]c(-c3c(NC[C@@H](O)c4cccc(Cl)c4)cc[nH]c3=O)nc12. The molecule has 0 spiro atoms. The van der Waals surface area contributed by atoms with Gasteiger partial charge in [-0.25, -0.2) is 4.98 Å². The number of benzene rings is 2. The number of hydrogen-bond donors (Lipinski definition) is 4. The average molecular weight is 533 g/mol. The largest absolute Gasteiger partial charge is 0.387 e. The highest BCUT2D eigenvalue weighted by molar-refractivity contribution is 6.30. The standard InChI is InChI=1S/C29H33ClN6O2/c1-18-14-22(36-12-10-35(11-13-36)21-6-3-7-21)16-24-27(18)34-28(33-24)26-23(8-9-31-29(26)38)32-17-25(37)19-4-2-5-20(30)15-19/h2,4-5,8-9,14-16,21,25,37H,3,6-7,10-13,17H2,1H3,(H,33,34)(H2,31,32,38)/t25-/m1/s1. The van der Waals surface area contributed by atoms with E-state index in [9.17, 15) is 9.90 Å². The summed E-state index contributed by atoms with van der Waals surface area (Å²) >= 11 is 6.08. The van der Waals surface area contributed by atoms with Crippen molar-refractivity contribution in [2.24, 2.45) is 0 Å². The summed E-state index contributed by atoms with van der Waals surface area (Å²) < 4.78 is 0. The van der Waals surface area contributed by atoms with Crippen LogP contribution in [0, 0.1) is 6.92 Å². The van der Waals surface area contributed by atoms with Gasteiger partial charge in [0, 0.05) is 55.7 Å². The number of nitrogens with one attached hydrogen (secondary N) is 3. The highest BCUT2D eigenvalue weighted by Gasteiger charge is 2.28. The second kappa shape index (κ2) is 10.4. The molecule has 1 saturated carbocycles. The molecule has 3 heterocycles. The minimum Gasteiger partial charge on any atom is -0.387 e. The number of nitrogens with zero attached hydrogens (tertiary/aromatic N) is 3. The van der Waals surface area contributed by atoms with Crippen LogP contribution in [0.3, 0.4) is 0 Å². The molecule has 1 saturated heterocycles. The van der Waals surface area contributed by atoms with E-state index in [0.717, 1.165) is 48.8 Å². The molecule has 38 heavy (non-hydrogen) atoms. The number of rotatable bonds is 7. The van der Waals surface area contributed by atoms with E-state index in [2.05, 4.69) is 44.1 Å². The Kier molecular flexibility index (Phi) is 6.86. The van der Waals surface area contributed by atoms with E-state index in [1.54, 1.807) is 30.5 Å². The van der Waals surface area contributed by atoms with Gasteiger partial charge in [0.15, 0.2) is 0 Å². The van der Waals surface area contributed by atoms with E-state index >= 15 is 0 Å². The number of aromatic amines is 2. The summed E-state index contributed by atoms with van der Waals surface area (Å²) in [5, 5.41) is 14.5. The number of hydrogen-bond acceptors (Lipinski definition) is 6. The molecule has 6 rings (SSSR count). The second-order valence-corrected chi connectivity index (χ2v) is 10.8. The van der Waals surface area contributed by atoms with Crippen LogP contribution in [0.5, 0.6) is 0 Å². The lowest BCUT2D eigenvalue weighted by Crippen LogP contribution is -2.52. The van der Waals surface area contributed by atoms with E-state index in [-0.39, 0.29) is 12.1 Å². The molecule has 8 nitrogen and oxygen atoms in total. The van der Waals surface area contributed by atoms with Crippen molar-refractivity contribution >= 4 is 34.0 Å². The molecule has 1 aliphatic heterocycles. The first-order valence-corrected chi connectivity index (χ1v) is 13.7. The summed E-state index contributed by atoms with van der Waals surface area (Å²) in [6.07, 6.45) is 4.86. The minimum atomic E-state index is -0.786. The fourth-order valence-electron chi connectivity index (χ4n) is 5.57. The summed E-state index contributed by atoms with van der Waals surface area (Å²) in [5.74, 6) is 0.497. The number of piperazine rings is 1. The van der Waals surface area contributed by atoms with E-state index < -0.39 is 6.10 Å². The zero-order valence-corrected chi connectivity index (χ0v) is 22.3. The van der Waals surface area contributed by atoms with Crippen LogP contribution < -0.4 is 15.8 Å². The minimum absolute atomic E-state index is 0.215. The zero-order valence-electron chi connectivity index (χ0n) is 21.5. The molecular weight excluding hydrogens is 500 g/mol. The van der Waals surface area contributed by atoms with Crippen LogP contribution in [0.4, 0.5) is 11.4 Å². The molecule has 0 bridgehead atoms. The molecular formula is C29H33ClN6O2. The van der Waals surface area contributed by atoms with Gasteiger partial charge in [-0.1, -0.05) is 30.2 Å². The fraction of sp³-hybridized carbons (Fsp3) is 0.379. The van der Waals surface area contributed by atoms with Crippen molar-refractivity contribution in [1.82, 2.24) is 19.9 Å². The van der Waals surface area contributed by atoms with Crippen LogP contribution in [0.2, 0.25) is 5.02 Å². The Morgan fingerprint density at radius 3 is 2.71 bits per heavy atom. The molecule has 0 amide bonds. The van der Waals surface area contributed by atoms with Gasteiger partial charge in [0.25, 0.3) is 5.56 Å². The van der Waals surface area contributed by atoms with E-state index in [1.807, 2.05) is 6.07 Å². The van der Waals surface area contributed by atoms with Crippen LogP contribution in [0.15, 0.2) is 53.5 Å². The van der Waals surface area contributed by atoms with Crippen molar-refractivity contribution in [3.63, 3.8) is 0 Å². The summed E-state index contributed by atoms with van der Waals surface area (Å²) in [4.78, 5) is 29.0. The van der Waals surface area contributed by atoms with Gasteiger partial charge in [0.1, 0.15) is 11.4 Å². The van der Waals surface area contributed by atoms with Crippen LogP contribution in [0.25, 0.3) is 22.4 Å². The number of aromatic nitrogens is 3. The molecule has 2 aliphatic rings. The van der Waals surface area contributed by atoms with Crippen molar-refractivity contribution in [2.45, 2.75) is 38.3 Å². The summed E-state index contributed by atoms with van der Waals surface area (Å²) in [6, 6.07) is 14.0. The molecule has 4 aromatic rings. The van der Waals surface area contributed by atoms with Gasteiger partial charge in [-0.05, 0) is 61.2 Å². The van der Waals surface area contributed by atoms with Crippen molar-refractivity contribution < 1.29 is 5.11 Å². The summed E-state index contributed by atoms with van der Waals surface area (Å²) in [6.45, 7) is 6.52. The molecule has 2 aromatic heterocycles. The lowest BCUT2D eigenvalue weighted by molar-refractivity contribution is 0.120. The predicted molar refractivity (Wildman–Crippen MR) is 153 cm³/mol. The maximum absolute atomic E-state index is 12.9.